The Balaban J connectivity index is 2.23. The zero-order chi connectivity index (χ0) is 16.0. The number of alkyl halides is 2. The highest BCUT2D eigenvalue weighted by Gasteiger charge is 2.55. The number of halogens is 2. The summed E-state index contributed by atoms with van der Waals surface area (Å²) >= 11 is 0. The second-order valence-corrected chi connectivity index (χ2v) is 8.89. The summed E-state index contributed by atoms with van der Waals surface area (Å²) in [5.41, 5.74) is -1.56. The van der Waals surface area contributed by atoms with E-state index in [0.717, 1.165) is 0 Å². The average molecular weight is 324 g/mol. The van der Waals surface area contributed by atoms with E-state index in [-0.39, 0.29) is 12.8 Å². The lowest BCUT2D eigenvalue weighted by molar-refractivity contribution is -0.0181. The Bertz CT molecular complexity index is 439. The summed E-state index contributed by atoms with van der Waals surface area (Å²) in [5.74, 6) is 0. The van der Waals surface area contributed by atoms with Gasteiger partial charge in [-0.1, -0.05) is 0 Å². The van der Waals surface area contributed by atoms with Crippen LogP contribution < -0.4 is 4.72 Å². The first-order valence-corrected chi connectivity index (χ1v) is 8.21. The van der Waals surface area contributed by atoms with Crippen molar-refractivity contribution in [2.24, 2.45) is 0 Å². The van der Waals surface area contributed by atoms with Gasteiger partial charge in [0.25, 0.3) is 6.43 Å². The van der Waals surface area contributed by atoms with Crippen molar-refractivity contribution in [2.75, 3.05) is 0 Å². The Hall–Kier alpha value is -0.760. The van der Waals surface area contributed by atoms with E-state index in [4.69, 9.17) is 0 Å². The SMILES string of the molecule is CC(C)(C)S(=O)NC1(C(F)F)CC2CCC(C1)N2C(=O)O. The first-order chi connectivity index (χ1) is 9.57. The highest BCUT2D eigenvalue weighted by Crippen LogP contribution is 2.44. The van der Waals surface area contributed by atoms with E-state index >= 15 is 0 Å². The van der Waals surface area contributed by atoms with Crippen molar-refractivity contribution in [1.29, 1.82) is 0 Å². The van der Waals surface area contributed by atoms with Gasteiger partial charge in [0, 0.05) is 12.1 Å². The minimum atomic E-state index is -2.68. The molecule has 2 N–H and O–H groups in total. The van der Waals surface area contributed by atoms with Gasteiger partial charge in [-0.3, -0.25) is 0 Å². The van der Waals surface area contributed by atoms with Crippen LogP contribution in [0, 0.1) is 0 Å². The molecule has 2 rings (SSSR count). The molecule has 8 heteroatoms. The highest BCUT2D eigenvalue weighted by atomic mass is 32.2. The number of hydrogen-bond donors (Lipinski definition) is 2. The largest absolute Gasteiger partial charge is 0.465 e. The topological polar surface area (TPSA) is 69.6 Å². The number of rotatable bonds is 3. The number of fused-ring (bicyclic) bond motifs is 2. The molecule has 0 aliphatic carbocycles. The van der Waals surface area contributed by atoms with Gasteiger partial charge >= 0.3 is 6.09 Å². The van der Waals surface area contributed by atoms with Crippen molar-refractivity contribution in [2.45, 2.75) is 75.2 Å². The molecule has 2 heterocycles. The molecule has 3 unspecified atom stereocenters. The Morgan fingerprint density at radius 1 is 1.33 bits per heavy atom. The van der Waals surface area contributed by atoms with Crippen LogP contribution in [0.1, 0.15) is 46.5 Å². The minimum Gasteiger partial charge on any atom is -0.465 e. The Morgan fingerprint density at radius 2 is 1.81 bits per heavy atom. The fraction of sp³-hybridized carbons (Fsp3) is 0.923. The summed E-state index contributed by atoms with van der Waals surface area (Å²) in [5, 5.41) is 9.20. The van der Waals surface area contributed by atoms with Gasteiger partial charge in [-0.25, -0.2) is 22.5 Å². The van der Waals surface area contributed by atoms with Gasteiger partial charge in [0.2, 0.25) is 0 Å². The highest BCUT2D eigenvalue weighted by molar-refractivity contribution is 7.84. The molecular formula is C13H22F2N2O3S. The zero-order valence-corrected chi connectivity index (χ0v) is 13.3. The van der Waals surface area contributed by atoms with Crippen LogP contribution >= 0.6 is 0 Å². The third kappa shape index (κ3) is 3.06. The molecular weight excluding hydrogens is 302 g/mol. The fourth-order valence-electron chi connectivity index (χ4n) is 3.24. The maximum Gasteiger partial charge on any atom is 0.407 e. The van der Waals surface area contributed by atoms with Crippen LogP contribution in [0.15, 0.2) is 0 Å². The van der Waals surface area contributed by atoms with Gasteiger partial charge in [0.05, 0.1) is 21.3 Å². The Morgan fingerprint density at radius 3 is 2.14 bits per heavy atom. The number of carbonyl (C=O) groups is 1. The molecule has 0 aromatic carbocycles. The van der Waals surface area contributed by atoms with Gasteiger partial charge < -0.3 is 10.0 Å². The molecule has 21 heavy (non-hydrogen) atoms. The van der Waals surface area contributed by atoms with Crippen molar-refractivity contribution < 1.29 is 22.9 Å². The standard InChI is InChI=1S/C13H22F2N2O3S/c1-12(2,3)21(20)16-13(10(14)15)6-8-4-5-9(7-13)17(8)11(18)19/h8-10,16H,4-7H2,1-3H3,(H,18,19). The van der Waals surface area contributed by atoms with Crippen LogP contribution in [-0.4, -0.2) is 49.1 Å². The molecule has 0 radical (unpaired) electrons. The lowest BCUT2D eigenvalue weighted by Crippen LogP contribution is -2.63. The molecule has 0 aromatic heterocycles. The van der Waals surface area contributed by atoms with Gasteiger partial charge in [-0.15, -0.1) is 0 Å². The molecule has 2 aliphatic rings. The number of nitrogens with one attached hydrogen (secondary N) is 1. The normalized spacial score (nSPS) is 34.3. The van der Waals surface area contributed by atoms with Crippen molar-refractivity contribution >= 4 is 17.1 Å². The van der Waals surface area contributed by atoms with Gasteiger partial charge in [-0.2, -0.15) is 0 Å². The van der Waals surface area contributed by atoms with E-state index < -0.39 is 45.9 Å². The van der Waals surface area contributed by atoms with E-state index in [0.29, 0.717) is 12.8 Å². The molecule has 5 nitrogen and oxygen atoms in total. The molecule has 0 spiro atoms. The number of carboxylic acid groups (broad SMARTS) is 1. The van der Waals surface area contributed by atoms with Gasteiger partial charge in [0.15, 0.2) is 0 Å². The molecule has 1 amide bonds. The van der Waals surface area contributed by atoms with Crippen LogP contribution in [-0.2, 0) is 11.0 Å². The third-order valence-corrected chi connectivity index (χ3v) is 6.01. The number of amides is 1. The van der Waals surface area contributed by atoms with Crippen LogP contribution in [0.25, 0.3) is 0 Å². The summed E-state index contributed by atoms with van der Waals surface area (Å²) < 4.78 is 41.5. The quantitative estimate of drug-likeness (QED) is 0.837. The van der Waals surface area contributed by atoms with E-state index in [2.05, 4.69) is 4.72 Å². The minimum absolute atomic E-state index is 0.00921. The Kier molecular flexibility index (Phi) is 4.32. The first-order valence-electron chi connectivity index (χ1n) is 7.06. The fourth-order valence-corrected chi connectivity index (χ4v) is 4.17. The summed E-state index contributed by atoms with van der Waals surface area (Å²) in [6.07, 6.45) is -2.53. The third-order valence-electron chi connectivity index (χ3n) is 4.31. The van der Waals surface area contributed by atoms with Crippen molar-refractivity contribution in [3.05, 3.63) is 0 Å². The van der Waals surface area contributed by atoms with Gasteiger partial charge in [0.1, 0.15) is 0 Å². The first kappa shape index (κ1) is 16.6. The van der Waals surface area contributed by atoms with E-state index in [9.17, 15) is 22.9 Å². The molecule has 122 valence electrons. The van der Waals surface area contributed by atoms with Gasteiger partial charge in [-0.05, 0) is 46.5 Å². The van der Waals surface area contributed by atoms with Crippen molar-refractivity contribution in [3.8, 4) is 0 Å². The number of hydrogen-bond acceptors (Lipinski definition) is 2. The Labute approximate surface area is 125 Å². The monoisotopic (exact) mass is 324 g/mol. The van der Waals surface area contributed by atoms with Crippen LogP contribution in [0.5, 0.6) is 0 Å². The summed E-state index contributed by atoms with van der Waals surface area (Å²) in [6.45, 7) is 5.16. The predicted molar refractivity (Wildman–Crippen MR) is 75.7 cm³/mol. The van der Waals surface area contributed by atoms with E-state index in [1.165, 1.54) is 4.90 Å². The lowest BCUT2D eigenvalue weighted by atomic mass is 9.84. The maximum absolute atomic E-state index is 13.7. The molecule has 2 bridgehead atoms. The lowest BCUT2D eigenvalue weighted by Gasteiger charge is -2.45. The smallest absolute Gasteiger partial charge is 0.407 e. The molecule has 0 saturated carbocycles. The van der Waals surface area contributed by atoms with E-state index in [1.54, 1.807) is 20.8 Å². The van der Waals surface area contributed by atoms with E-state index in [1.807, 2.05) is 0 Å². The van der Waals surface area contributed by atoms with Crippen LogP contribution in [0.4, 0.5) is 13.6 Å². The predicted octanol–water partition coefficient (Wildman–Crippen LogP) is 2.35. The molecule has 0 aromatic rings. The second-order valence-electron chi connectivity index (χ2n) is 6.92. The number of piperidine rings is 1. The molecule has 2 aliphatic heterocycles. The summed E-state index contributed by atoms with van der Waals surface area (Å²) in [4.78, 5) is 12.5. The van der Waals surface area contributed by atoms with Crippen molar-refractivity contribution in [3.63, 3.8) is 0 Å². The molecule has 2 saturated heterocycles. The van der Waals surface area contributed by atoms with Crippen LogP contribution in [0.2, 0.25) is 0 Å². The summed E-state index contributed by atoms with van der Waals surface area (Å²) in [6, 6.07) is -0.834. The molecule has 2 fully saturated rings. The molecule has 3 atom stereocenters. The number of nitrogens with zero attached hydrogens (tertiary/aromatic N) is 1. The second kappa shape index (κ2) is 5.46. The van der Waals surface area contributed by atoms with Crippen molar-refractivity contribution in [1.82, 2.24) is 9.62 Å². The summed E-state index contributed by atoms with van der Waals surface area (Å²) in [7, 11) is -1.61. The zero-order valence-electron chi connectivity index (χ0n) is 12.4. The van der Waals surface area contributed by atoms with Crippen LogP contribution in [0.3, 0.4) is 0 Å². The average Bonchev–Trinajstić information content (AvgIpc) is 2.61. The maximum atomic E-state index is 13.7.